The molecule has 162 valence electrons. The Balaban J connectivity index is 3.37. The fourth-order valence-electron chi connectivity index (χ4n) is 2.59. The van der Waals surface area contributed by atoms with E-state index in [0.717, 1.165) is 18.2 Å². The predicted molar refractivity (Wildman–Crippen MR) is 109 cm³/mol. The van der Waals surface area contributed by atoms with Crippen LogP contribution in [0.25, 0.3) is 10.9 Å². The number of nitrogens with zero attached hydrogens (tertiary/aromatic N) is 3. The van der Waals surface area contributed by atoms with Crippen LogP contribution in [-0.2, 0) is 9.53 Å². The summed E-state index contributed by atoms with van der Waals surface area (Å²) in [5, 5.41) is 21.4. The first-order valence-electron chi connectivity index (χ1n) is 9.50. The van der Waals surface area contributed by atoms with Crippen LogP contribution in [0.3, 0.4) is 0 Å². The van der Waals surface area contributed by atoms with Gasteiger partial charge in [0.05, 0.1) is 11.5 Å². The van der Waals surface area contributed by atoms with Crippen LogP contribution in [0.15, 0.2) is 17.8 Å². The van der Waals surface area contributed by atoms with E-state index < -0.39 is 40.3 Å². The van der Waals surface area contributed by atoms with E-state index in [1.807, 2.05) is 13.8 Å². The Morgan fingerprint density at radius 1 is 1.27 bits per heavy atom. The summed E-state index contributed by atoms with van der Waals surface area (Å²) in [7, 11) is 0. The topological polar surface area (TPSA) is 124 Å². The number of phenols is 1. The van der Waals surface area contributed by atoms with Crippen molar-refractivity contribution in [3.05, 3.63) is 44.9 Å². The van der Waals surface area contributed by atoms with Gasteiger partial charge < -0.3 is 19.5 Å². The number of aromatic hydroxyl groups is 1. The molecule has 0 aliphatic carbocycles. The number of phenolic OH excluding ortho intramolecular Hbond substituents is 1. The van der Waals surface area contributed by atoms with Crippen molar-refractivity contribution in [2.75, 3.05) is 13.1 Å². The summed E-state index contributed by atoms with van der Waals surface area (Å²) in [6.45, 7) is 15.2. The van der Waals surface area contributed by atoms with Gasteiger partial charge >= 0.3 is 11.8 Å². The monoisotopic (exact) mass is 419 g/mol. The van der Waals surface area contributed by atoms with Crippen LogP contribution in [0, 0.1) is 16.7 Å². The van der Waals surface area contributed by atoms with E-state index in [0.29, 0.717) is 25.9 Å². The normalized spacial score (nSPS) is 11.0. The molecular weight excluding hydrogens is 394 g/mol. The molecule has 10 heteroatoms. The molecule has 0 aromatic heterocycles. The maximum atomic E-state index is 12.4. The molecule has 0 saturated heterocycles. The SMILES string of the molecule is [C-]#[N+]/C(=C/c1cc(OC(=O)OC(CC)CC)c(O)c([N+](=O)[O-])c1)C(=O)N(CC)CC. The number of hydrogen-bond acceptors (Lipinski definition) is 7. The number of nitro benzene ring substituents is 1. The fourth-order valence-corrected chi connectivity index (χ4v) is 2.59. The summed E-state index contributed by atoms with van der Waals surface area (Å²) in [5.74, 6) is -1.91. The summed E-state index contributed by atoms with van der Waals surface area (Å²) in [6, 6.07) is 2.10. The Labute approximate surface area is 174 Å². The van der Waals surface area contributed by atoms with Crippen LogP contribution in [0.5, 0.6) is 11.5 Å². The maximum absolute atomic E-state index is 12.4. The van der Waals surface area contributed by atoms with Crippen molar-refractivity contribution in [2.24, 2.45) is 0 Å². The largest absolute Gasteiger partial charge is 0.514 e. The van der Waals surface area contributed by atoms with Crippen LogP contribution in [0.1, 0.15) is 46.1 Å². The molecule has 0 atom stereocenters. The van der Waals surface area contributed by atoms with Gasteiger partial charge in [0, 0.05) is 19.2 Å². The number of carbonyl (C=O) groups is 2. The first kappa shape index (κ1) is 24.4. The molecule has 1 amide bonds. The van der Waals surface area contributed by atoms with Gasteiger partial charge in [-0.05, 0) is 44.4 Å². The van der Waals surface area contributed by atoms with E-state index in [9.17, 15) is 24.8 Å². The van der Waals surface area contributed by atoms with Crippen LogP contribution in [0.4, 0.5) is 10.5 Å². The third-order valence-electron chi connectivity index (χ3n) is 4.33. The molecule has 0 radical (unpaired) electrons. The number of amides is 1. The van der Waals surface area contributed by atoms with Gasteiger partial charge in [-0.1, -0.05) is 13.8 Å². The fraction of sp³-hybridized carbons (Fsp3) is 0.450. The molecule has 0 unspecified atom stereocenters. The minimum Gasteiger partial charge on any atom is -0.499 e. The molecule has 1 aromatic carbocycles. The zero-order valence-corrected chi connectivity index (χ0v) is 17.4. The lowest BCUT2D eigenvalue weighted by molar-refractivity contribution is -0.385. The van der Waals surface area contributed by atoms with E-state index >= 15 is 0 Å². The number of likely N-dealkylation sites (N-methyl/N-ethyl adjacent to an activating group) is 1. The average molecular weight is 419 g/mol. The highest BCUT2D eigenvalue weighted by Crippen LogP contribution is 2.38. The highest BCUT2D eigenvalue weighted by molar-refractivity contribution is 5.99. The zero-order chi connectivity index (χ0) is 22.8. The Morgan fingerprint density at radius 2 is 1.87 bits per heavy atom. The van der Waals surface area contributed by atoms with Crippen molar-refractivity contribution in [1.82, 2.24) is 4.90 Å². The Kier molecular flexibility index (Phi) is 9.29. The highest BCUT2D eigenvalue weighted by Gasteiger charge is 2.24. The molecule has 10 nitrogen and oxygen atoms in total. The molecule has 0 bridgehead atoms. The van der Waals surface area contributed by atoms with E-state index in [2.05, 4.69) is 4.85 Å². The van der Waals surface area contributed by atoms with Crippen molar-refractivity contribution < 1.29 is 29.1 Å². The van der Waals surface area contributed by atoms with Gasteiger partial charge in [-0.2, -0.15) is 0 Å². The summed E-state index contributed by atoms with van der Waals surface area (Å²) in [4.78, 5) is 39.5. The predicted octanol–water partition coefficient (Wildman–Crippen LogP) is 4.13. The third-order valence-corrected chi connectivity index (χ3v) is 4.33. The van der Waals surface area contributed by atoms with Gasteiger partial charge in [-0.25, -0.2) is 9.64 Å². The van der Waals surface area contributed by atoms with Crippen LogP contribution in [0.2, 0.25) is 0 Å². The van der Waals surface area contributed by atoms with E-state index in [-0.39, 0.29) is 11.3 Å². The average Bonchev–Trinajstić information content (AvgIpc) is 2.72. The minimum absolute atomic E-state index is 0.0383. The van der Waals surface area contributed by atoms with Crippen molar-refractivity contribution in [2.45, 2.75) is 46.6 Å². The summed E-state index contributed by atoms with van der Waals surface area (Å²) < 4.78 is 10.0. The minimum atomic E-state index is -1.13. The molecule has 0 saturated carbocycles. The number of hydrogen-bond donors (Lipinski definition) is 1. The first-order chi connectivity index (χ1) is 14.2. The van der Waals surface area contributed by atoms with Crippen molar-refractivity contribution in [3.63, 3.8) is 0 Å². The van der Waals surface area contributed by atoms with Crippen LogP contribution < -0.4 is 4.74 Å². The molecular formula is C20H25N3O7. The van der Waals surface area contributed by atoms with Gasteiger partial charge in [0.15, 0.2) is 5.75 Å². The van der Waals surface area contributed by atoms with Gasteiger partial charge in [0.1, 0.15) is 6.10 Å². The third kappa shape index (κ3) is 6.20. The van der Waals surface area contributed by atoms with Gasteiger partial charge in [0.25, 0.3) is 11.6 Å². The summed E-state index contributed by atoms with van der Waals surface area (Å²) in [5.41, 5.74) is -0.978. The number of nitro groups is 1. The number of ether oxygens (including phenoxy) is 2. The molecule has 0 aliphatic heterocycles. The van der Waals surface area contributed by atoms with Crippen molar-refractivity contribution in [1.29, 1.82) is 0 Å². The molecule has 1 rings (SSSR count). The lowest BCUT2D eigenvalue weighted by atomic mass is 10.1. The maximum Gasteiger partial charge on any atom is 0.514 e. The number of carbonyl (C=O) groups excluding carboxylic acids is 2. The quantitative estimate of drug-likeness (QED) is 0.159. The van der Waals surface area contributed by atoms with E-state index in [1.54, 1.807) is 13.8 Å². The smallest absolute Gasteiger partial charge is 0.499 e. The Hall–Kier alpha value is -3.61. The van der Waals surface area contributed by atoms with Gasteiger partial charge in [0.2, 0.25) is 5.75 Å². The van der Waals surface area contributed by atoms with Crippen LogP contribution >= 0.6 is 0 Å². The summed E-state index contributed by atoms with van der Waals surface area (Å²) >= 11 is 0. The second-order valence-corrected chi connectivity index (χ2v) is 6.17. The Bertz CT molecular complexity index is 866. The zero-order valence-electron chi connectivity index (χ0n) is 17.4. The number of rotatable bonds is 9. The molecule has 0 heterocycles. The second kappa shape index (κ2) is 11.4. The standard InChI is InChI=1S/C20H25N3O7/c1-6-14(7-2)29-20(26)30-17-12-13(11-16(18(17)24)23(27)28)10-15(21-5)19(25)22(8-3)9-4/h10-12,14,24H,6-9H2,1-4H3/b15-10+. The van der Waals surface area contributed by atoms with E-state index in [4.69, 9.17) is 16.0 Å². The number of benzene rings is 1. The lowest BCUT2D eigenvalue weighted by Crippen LogP contribution is -2.30. The lowest BCUT2D eigenvalue weighted by Gasteiger charge is -2.18. The molecule has 0 spiro atoms. The molecule has 1 aromatic rings. The molecule has 0 aliphatic rings. The Morgan fingerprint density at radius 3 is 2.33 bits per heavy atom. The first-order valence-corrected chi connectivity index (χ1v) is 9.50. The van der Waals surface area contributed by atoms with Crippen LogP contribution in [-0.4, -0.2) is 46.2 Å². The molecule has 0 fully saturated rings. The van der Waals surface area contributed by atoms with Gasteiger partial charge in [-0.15, -0.1) is 0 Å². The highest BCUT2D eigenvalue weighted by atomic mass is 16.7. The van der Waals surface area contributed by atoms with Crippen molar-refractivity contribution >= 4 is 23.8 Å². The van der Waals surface area contributed by atoms with E-state index in [1.165, 1.54) is 4.90 Å². The molecule has 1 N–H and O–H groups in total. The molecule has 30 heavy (non-hydrogen) atoms. The van der Waals surface area contributed by atoms with Gasteiger partial charge in [-0.3, -0.25) is 14.9 Å². The summed E-state index contributed by atoms with van der Waals surface area (Å²) in [6.07, 6.45) is 0.696. The second-order valence-electron chi connectivity index (χ2n) is 6.17. The van der Waals surface area contributed by atoms with Crippen molar-refractivity contribution in [3.8, 4) is 11.5 Å².